The zero-order chi connectivity index (χ0) is 16.9. The first kappa shape index (κ1) is 17.8. The molecule has 0 bridgehead atoms. The SMILES string of the molecule is CC1CN(S(=O)(=O)CCNC(=O)Cc2ccc(F)cc2)CCO1. The summed E-state index contributed by atoms with van der Waals surface area (Å²) in [5, 5.41) is 2.58. The second-order valence-electron chi connectivity index (χ2n) is 5.51. The Labute approximate surface area is 135 Å². The van der Waals surface area contributed by atoms with Gasteiger partial charge in [-0.2, -0.15) is 4.31 Å². The van der Waals surface area contributed by atoms with E-state index in [1.165, 1.54) is 28.6 Å². The van der Waals surface area contributed by atoms with Gasteiger partial charge in [-0.1, -0.05) is 12.1 Å². The second kappa shape index (κ2) is 7.85. The molecule has 6 nitrogen and oxygen atoms in total. The highest BCUT2D eigenvalue weighted by molar-refractivity contribution is 7.89. The fraction of sp³-hybridized carbons (Fsp3) is 0.533. The highest BCUT2D eigenvalue weighted by Gasteiger charge is 2.27. The molecule has 1 aliphatic rings. The summed E-state index contributed by atoms with van der Waals surface area (Å²) >= 11 is 0. The average Bonchev–Trinajstić information content (AvgIpc) is 2.49. The van der Waals surface area contributed by atoms with E-state index >= 15 is 0 Å². The first-order valence-electron chi connectivity index (χ1n) is 7.47. The van der Waals surface area contributed by atoms with E-state index < -0.39 is 10.0 Å². The number of benzene rings is 1. The van der Waals surface area contributed by atoms with Crippen LogP contribution in [0.15, 0.2) is 24.3 Å². The summed E-state index contributed by atoms with van der Waals surface area (Å²) in [6.45, 7) is 2.94. The van der Waals surface area contributed by atoms with E-state index in [2.05, 4.69) is 5.32 Å². The second-order valence-corrected chi connectivity index (χ2v) is 7.60. The van der Waals surface area contributed by atoms with Crippen LogP contribution in [0.3, 0.4) is 0 Å². The van der Waals surface area contributed by atoms with Gasteiger partial charge in [-0.05, 0) is 24.6 Å². The molecule has 1 heterocycles. The number of rotatable bonds is 6. The number of carbonyl (C=O) groups excluding carboxylic acids is 1. The zero-order valence-corrected chi connectivity index (χ0v) is 13.8. The van der Waals surface area contributed by atoms with Crippen molar-refractivity contribution in [1.29, 1.82) is 0 Å². The minimum Gasteiger partial charge on any atom is -0.376 e. The molecule has 8 heteroatoms. The van der Waals surface area contributed by atoms with E-state index in [1.54, 1.807) is 0 Å². The number of amides is 1. The number of sulfonamides is 1. The lowest BCUT2D eigenvalue weighted by Crippen LogP contribution is -2.46. The lowest BCUT2D eigenvalue weighted by molar-refractivity contribution is -0.120. The van der Waals surface area contributed by atoms with Crippen LogP contribution in [0.25, 0.3) is 0 Å². The van der Waals surface area contributed by atoms with Crippen LogP contribution in [-0.4, -0.2) is 56.7 Å². The van der Waals surface area contributed by atoms with E-state index in [4.69, 9.17) is 4.74 Å². The number of halogens is 1. The Morgan fingerprint density at radius 2 is 2.09 bits per heavy atom. The van der Waals surface area contributed by atoms with E-state index in [-0.39, 0.29) is 36.5 Å². The molecule has 1 aromatic carbocycles. The van der Waals surface area contributed by atoms with Crippen LogP contribution in [0.5, 0.6) is 0 Å². The average molecular weight is 344 g/mol. The van der Waals surface area contributed by atoms with Crippen LogP contribution in [0, 0.1) is 5.82 Å². The summed E-state index contributed by atoms with van der Waals surface area (Å²) in [5.74, 6) is -0.795. The number of nitrogens with zero attached hydrogens (tertiary/aromatic N) is 1. The predicted octanol–water partition coefficient (Wildman–Crippen LogP) is 0.535. The minimum atomic E-state index is -3.40. The number of nitrogens with one attached hydrogen (secondary N) is 1. The third kappa shape index (κ3) is 5.56. The Hall–Kier alpha value is -1.51. The highest BCUT2D eigenvalue weighted by atomic mass is 32.2. The number of ether oxygens (including phenoxy) is 1. The van der Waals surface area contributed by atoms with Crippen LogP contribution in [0.1, 0.15) is 12.5 Å². The van der Waals surface area contributed by atoms with Crippen LogP contribution in [0.4, 0.5) is 4.39 Å². The minimum absolute atomic E-state index is 0.0497. The maximum atomic E-state index is 12.8. The van der Waals surface area contributed by atoms with Crippen molar-refractivity contribution in [2.75, 3.05) is 32.0 Å². The Bertz CT molecular complexity index is 633. The molecule has 0 radical (unpaired) electrons. The molecule has 1 unspecified atom stereocenters. The number of hydrogen-bond acceptors (Lipinski definition) is 4. The molecular formula is C15H21FN2O4S. The topological polar surface area (TPSA) is 75.7 Å². The van der Waals surface area contributed by atoms with Gasteiger partial charge < -0.3 is 10.1 Å². The molecule has 1 fully saturated rings. The molecule has 2 rings (SSSR count). The van der Waals surface area contributed by atoms with Crippen molar-refractivity contribution in [1.82, 2.24) is 9.62 Å². The molecule has 0 spiro atoms. The molecular weight excluding hydrogens is 323 g/mol. The molecule has 1 N–H and O–H groups in total. The van der Waals surface area contributed by atoms with Gasteiger partial charge in [0.05, 0.1) is 24.9 Å². The third-order valence-electron chi connectivity index (χ3n) is 3.56. The number of hydrogen-bond donors (Lipinski definition) is 1. The van der Waals surface area contributed by atoms with Crippen molar-refractivity contribution in [2.24, 2.45) is 0 Å². The first-order chi connectivity index (χ1) is 10.9. The normalized spacial score (nSPS) is 19.5. The molecule has 0 aliphatic carbocycles. The van der Waals surface area contributed by atoms with E-state index in [0.29, 0.717) is 25.3 Å². The van der Waals surface area contributed by atoms with E-state index in [1.807, 2.05) is 6.92 Å². The van der Waals surface area contributed by atoms with Gasteiger partial charge in [0.25, 0.3) is 0 Å². The Morgan fingerprint density at radius 1 is 1.39 bits per heavy atom. The summed E-state index contributed by atoms with van der Waals surface area (Å²) in [6.07, 6.45) is -0.0267. The monoisotopic (exact) mass is 344 g/mol. The van der Waals surface area contributed by atoms with Crippen molar-refractivity contribution < 1.29 is 22.3 Å². The Balaban J connectivity index is 1.77. The first-order valence-corrected chi connectivity index (χ1v) is 9.08. The molecule has 23 heavy (non-hydrogen) atoms. The van der Waals surface area contributed by atoms with Crippen LogP contribution in [-0.2, 0) is 26.0 Å². The van der Waals surface area contributed by atoms with Gasteiger partial charge in [0.15, 0.2) is 0 Å². The summed E-state index contributed by atoms with van der Waals surface area (Å²) < 4.78 is 43.9. The van der Waals surface area contributed by atoms with Crippen molar-refractivity contribution in [3.63, 3.8) is 0 Å². The molecule has 1 amide bonds. The Kier molecular flexibility index (Phi) is 6.09. The zero-order valence-electron chi connectivity index (χ0n) is 13.0. The largest absolute Gasteiger partial charge is 0.376 e. The molecule has 1 aromatic rings. The van der Waals surface area contributed by atoms with Gasteiger partial charge in [0, 0.05) is 19.6 Å². The third-order valence-corrected chi connectivity index (χ3v) is 5.40. The Morgan fingerprint density at radius 3 is 2.74 bits per heavy atom. The summed E-state index contributed by atoms with van der Waals surface area (Å²) in [4.78, 5) is 11.8. The van der Waals surface area contributed by atoms with Gasteiger partial charge in [-0.25, -0.2) is 12.8 Å². The molecule has 0 saturated carbocycles. The highest BCUT2D eigenvalue weighted by Crippen LogP contribution is 2.10. The molecule has 1 atom stereocenters. The van der Waals surface area contributed by atoms with Gasteiger partial charge in [-0.15, -0.1) is 0 Å². The maximum Gasteiger partial charge on any atom is 0.224 e. The number of morpholine rings is 1. The smallest absolute Gasteiger partial charge is 0.224 e. The van der Waals surface area contributed by atoms with E-state index in [9.17, 15) is 17.6 Å². The van der Waals surface area contributed by atoms with Crippen LogP contribution >= 0.6 is 0 Å². The lowest BCUT2D eigenvalue weighted by atomic mass is 10.1. The van der Waals surface area contributed by atoms with Crippen molar-refractivity contribution in [3.8, 4) is 0 Å². The van der Waals surface area contributed by atoms with Gasteiger partial charge in [0.2, 0.25) is 15.9 Å². The summed E-state index contributed by atoms with van der Waals surface area (Å²) in [6, 6.07) is 5.63. The van der Waals surface area contributed by atoms with Crippen LogP contribution in [0.2, 0.25) is 0 Å². The molecule has 0 aromatic heterocycles. The standard InChI is InChI=1S/C15H21FN2O4S/c1-12-11-18(7-8-22-12)23(20,21)9-6-17-15(19)10-13-2-4-14(16)5-3-13/h2-5,12H,6-11H2,1H3,(H,17,19). The van der Waals surface area contributed by atoms with Crippen molar-refractivity contribution >= 4 is 15.9 Å². The molecule has 1 saturated heterocycles. The van der Waals surface area contributed by atoms with Crippen LogP contribution < -0.4 is 5.32 Å². The summed E-state index contributed by atoms with van der Waals surface area (Å²) in [7, 11) is -3.40. The fourth-order valence-corrected chi connectivity index (χ4v) is 3.75. The maximum absolute atomic E-state index is 12.8. The van der Waals surface area contributed by atoms with Gasteiger partial charge in [-0.3, -0.25) is 4.79 Å². The lowest BCUT2D eigenvalue weighted by Gasteiger charge is -2.30. The number of carbonyl (C=O) groups is 1. The van der Waals surface area contributed by atoms with E-state index in [0.717, 1.165) is 0 Å². The fourth-order valence-electron chi connectivity index (χ4n) is 2.34. The molecule has 1 aliphatic heterocycles. The van der Waals surface area contributed by atoms with Crippen molar-refractivity contribution in [3.05, 3.63) is 35.6 Å². The summed E-state index contributed by atoms with van der Waals surface area (Å²) in [5.41, 5.74) is 0.675. The van der Waals surface area contributed by atoms with Gasteiger partial charge in [0.1, 0.15) is 5.82 Å². The molecule has 128 valence electrons. The quantitative estimate of drug-likeness (QED) is 0.817. The van der Waals surface area contributed by atoms with Crippen molar-refractivity contribution in [2.45, 2.75) is 19.4 Å². The van der Waals surface area contributed by atoms with Gasteiger partial charge >= 0.3 is 0 Å². The predicted molar refractivity (Wildman–Crippen MR) is 83.9 cm³/mol.